The van der Waals surface area contributed by atoms with Gasteiger partial charge in [0, 0.05) is 31.6 Å². The van der Waals surface area contributed by atoms with Gasteiger partial charge in [0.15, 0.2) is 0 Å². The van der Waals surface area contributed by atoms with Gasteiger partial charge >= 0.3 is 0 Å². The Balaban J connectivity index is 1.49. The molecule has 1 saturated heterocycles. The molecule has 0 radical (unpaired) electrons. The van der Waals surface area contributed by atoms with E-state index in [1.54, 1.807) is 35.2 Å². The summed E-state index contributed by atoms with van der Waals surface area (Å²) in [6.45, 7) is 9.99. The summed E-state index contributed by atoms with van der Waals surface area (Å²) >= 11 is 0. The molecule has 7 heteroatoms. The highest BCUT2D eigenvalue weighted by Gasteiger charge is 2.35. The van der Waals surface area contributed by atoms with E-state index in [2.05, 4.69) is 12.1 Å². The predicted molar refractivity (Wildman–Crippen MR) is 126 cm³/mol. The first-order valence-corrected chi connectivity index (χ1v) is 12.6. The van der Waals surface area contributed by atoms with Crippen LogP contribution < -0.4 is 4.74 Å². The highest BCUT2D eigenvalue weighted by molar-refractivity contribution is 7.89. The Morgan fingerprint density at radius 1 is 1.00 bits per heavy atom. The molecule has 0 spiro atoms. The first-order chi connectivity index (χ1) is 15.1. The van der Waals surface area contributed by atoms with Crippen LogP contribution in [0.25, 0.3) is 0 Å². The second-order valence-corrected chi connectivity index (χ2v) is 11.1. The third-order valence-corrected chi connectivity index (χ3v) is 7.95. The number of benzene rings is 2. The molecule has 1 aliphatic rings. The summed E-state index contributed by atoms with van der Waals surface area (Å²) in [4.78, 5) is 15.2. The minimum atomic E-state index is -3.52. The number of nitrogens with zero attached hydrogens (tertiary/aromatic N) is 2. The van der Waals surface area contributed by atoms with E-state index < -0.39 is 15.4 Å². The molecule has 3 rings (SSSR count). The lowest BCUT2D eigenvalue weighted by Gasteiger charge is -2.38. The predicted octanol–water partition coefficient (Wildman–Crippen LogP) is 4.02. The molecule has 174 valence electrons. The topological polar surface area (TPSA) is 66.9 Å². The van der Waals surface area contributed by atoms with Crippen molar-refractivity contribution in [2.24, 2.45) is 5.41 Å². The van der Waals surface area contributed by atoms with Crippen molar-refractivity contribution in [1.29, 1.82) is 0 Å². The van der Waals surface area contributed by atoms with Gasteiger partial charge in [-0.2, -0.15) is 4.31 Å². The normalized spacial score (nSPS) is 15.6. The maximum absolute atomic E-state index is 13.1. The number of rotatable bonds is 8. The van der Waals surface area contributed by atoms with Crippen molar-refractivity contribution < 1.29 is 17.9 Å². The Hall–Kier alpha value is -2.38. The summed E-state index contributed by atoms with van der Waals surface area (Å²) in [6.07, 6.45) is 1.48. The van der Waals surface area contributed by atoms with Gasteiger partial charge < -0.3 is 9.64 Å². The second-order valence-electron chi connectivity index (χ2n) is 9.11. The number of hydrogen-bond acceptors (Lipinski definition) is 4. The molecule has 2 aromatic carbocycles. The van der Waals surface area contributed by atoms with Gasteiger partial charge in [0.1, 0.15) is 5.75 Å². The molecule has 1 amide bonds. The lowest BCUT2D eigenvalue weighted by molar-refractivity contribution is -0.142. The fourth-order valence-electron chi connectivity index (χ4n) is 3.97. The van der Waals surface area contributed by atoms with Crippen molar-refractivity contribution in [2.45, 2.75) is 45.4 Å². The standard InChI is InChI=1S/C25H34N2O4S/c1-20-11-12-21(2)23(19-20)31-18-8-13-25(3,4)24(28)26-14-16-27(17-15-26)32(29,30)22-9-6-5-7-10-22/h5-7,9-12,19H,8,13-18H2,1-4H3. The number of piperazine rings is 1. The zero-order valence-corrected chi connectivity index (χ0v) is 20.3. The van der Waals surface area contributed by atoms with Crippen molar-refractivity contribution in [3.8, 4) is 5.75 Å². The summed E-state index contributed by atoms with van der Waals surface area (Å²) in [5, 5.41) is 0. The Labute approximate surface area is 192 Å². The van der Waals surface area contributed by atoms with Crippen LogP contribution in [0.1, 0.15) is 37.8 Å². The van der Waals surface area contributed by atoms with Gasteiger partial charge in [0.2, 0.25) is 15.9 Å². The monoisotopic (exact) mass is 458 g/mol. The number of ether oxygens (including phenoxy) is 1. The molecule has 1 heterocycles. The van der Waals surface area contributed by atoms with Gasteiger partial charge in [-0.25, -0.2) is 8.42 Å². The van der Waals surface area contributed by atoms with Crippen LogP contribution in [0.2, 0.25) is 0 Å². The SMILES string of the molecule is Cc1ccc(C)c(OCCCC(C)(C)C(=O)N2CCN(S(=O)(=O)c3ccccc3)CC2)c1. The number of carbonyl (C=O) groups is 1. The van der Waals surface area contributed by atoms with E-state index in [1.165, 1.54) is 4.31 Å². The van der Waals surface area contributed by atoms with Crippen molar-refractivity contribution >= 4 is 15.9 Å². The van der Waals surface area contributed by atoms with Crippen LogP contribution >= 0.6 is 0 Å². The molecule has 0 unspecified atom stereocenters. The van der Waals surface area contributed by atoms with E-state index in [-0.39, 0.29) is 5.91 Å². The number of amides is 1. The van der Waals surface area contributed by atoms with Crippen LogP contribution in [0.15, 0.2) is 53.4 Å². The van der Waals surface area contributed by atoms with Gasteiger partial charge in [-0.05, 0) is 56.0 Å². The van der Waals surface area contributed by atoms with Crippen molar-refractivity contribution in [1.82, 2.24) is 9.21 Å². The number of aryl methyl sites for hydroxylation is 2. The highest BCUT2D eigenvalue weighted by Crippen LogP contribution is 2.28. The van der Waals surface area contributed by atoms with Gasteiger partial charge in [-0.15, -0.1) is 0 Å². The molecule has 6 nitrogen and oxygen atoms in total. The van der Waals surface area contributed by atoms with E-state index in [0.29, 0.717) is 44.1 Å². The molecule has 0 bridgehead atoms. The lowest BCUT2D eigenvalue weighted by atomic mass is 9.86. The highest BCUT2D eigenvalue weighted by atomic mass is 32.2. The van der Waals surface area contributed by atoms with Gasteiger partial charge in [-0.1, -0.05) is 44.2 Å². The third-order valence-electron chi connectivity index (χ3n) is 6.03. The Kier molecular flexibility index (Phi) is 7.62. The Bertz CT molecular complexity index is 1030. The summed E-state index contributed by atoms with van der Waals surface area (Å²) in [7, 11) is -3.52. The first kappa shape index (κ1) is 24.3. The fourth-order valence-corrected chi connectivity index (χ4v) is 5.41. The van der Waals surface area contributed by atoms with Crippen LogP contribution in [0.5, 0.6) is 5.75 Å². The van der Waals surface area contributed by atoms with E-state index in [1.807, 2.05) is 33.8 Å². The van der Waals surface area contributed by atoms with Crippen LogP contribution in [0.3, 0.4) is 0 Å². The van der Waals surface area contributed by atoms with Crippen molar-refractivity contribution in [3.63, 3.8) is 0 Å². The smallest absolute Gasteiger partial charge is 0.243 e. The molecule has 1 aliphatic heterocycles. The minimum Gasteiger partial charge on any atom is -0.493 e. The molecular formula is C25H34N2O4S. The van der Waals surface area contributed by atoms with Crippen LogP contribution in [0, 0.1) is 19.3 Å². The molecule has 2 aromatic rings. The fraction of sp³-hybridized carbons (Fsp3) is 0.480. The minimum absolute atomic E-state index is 0.0704. The molecule has 1 fully saturated rings. The molecule has 0 saturated carbocycles. The van der Waals surface area contributed by atoms with Crippen LogP contribution in [0.4, 0.5) is 0 Å². The van der Waals surface area contributed by atoms with Crippen molar-refractivity contribution in [2.75, 3.05) is 32.8 Å². The Morgan fingerprint density at radius 2 is 1.66 bits per heavy atom. The summed E-state index contributed by atoms with van der Waals surface area (Å²) in [6, 6.07) is 14.6. The van der Waals surface area contributed by atoms with Gasteiger partial charge in [0.25, 0.3) is 0 Å². The number of sulfonamides is 1. The third kappa shape index (κ3) is 5.70. The molecule has 32 heavy (non-hydrogen) atoms. The quantitative estimate of drug-likeness (QED) is 0.561. The Morgan fingerprint density at radius 3 is 2.31 bits per heavy atom. The average Bonchev–Trinajstić information content (AvgIpc) is 2.79. The van der Waals surface area contributed by atoms with E-state index in [0.717, 1.165) is 23.3 Å². The lowest BCUT2D eigenvalue weighted by Crippen LogP contribution is -2.53. The maximum Gasteiger partial charge on any atom is 0.243 e. The number of carbonyl (C=O) groups excluding carboxylic acids is 1. The van der Waals surface area contributed by atoms with Crippen LogP contribution in [-0.4, -0.2) is 56.3 Å². The molecule has 0 aromatic heterocycles. The largest absolute Gasteiger partial charge is 0.493 e. The van der Waals surface area contributed by atoms with Gasteiger partial charge in [0.05, 0.1) is 11.5 Å². The summed E-state index contributed by atoms with van der Waals surface area (Å²) < 4.78 is 33.0. The zero-order chi connectivity index (χ0) is 23.4. The molecule has 0 N–H and O–H groups in total. The second kappa shape index (κ2) is 10.0. The maximum atomic E-state index is 13.1. The van der Waals surface area contributed by atoms with E-state index >= 15 is 0 Å². The van der Waals surface area contributed by atoms with Gasteiger partial charge in [-0.3, -0.25) is 4.79 Å². The average molecular weight is 459 g/mol. The first-order valence-electron chi connectivity index (χ1n) is 11.2. The molecule has 0 atom stereocenters. The van der Waals surface area contributed by atoms with E-state index in [4.69, 9.17) is 4.74 Å². The molecule has 0 aliphatic carbocycles. The van der Waals surface area contributed by atoms with Crippen molar-refractivity contribution in [3.05, 3.63) is 59.7 Å². The van der Waals surface area contributed by atoms with E-state index in [9.17, 15) is 13.2 Å². The summed E-state index contributed by atoms with van der Waals surface area (Å²) in [5.41, 5.74) is 1.75. The van der Waals surface area contributed by atoms with Crippen LogP contribution in [-0.2, 0) is 14.8 Å². The molecular weight excluding hydrogens is 424 g/mol. The summed E-state index contributed by atoms with van der Waals surface area (Å²) in [5.74, 6) is 0.964. The number of hydrogen-bond donors (Lipinski definition) is 0. The zero-order valence-electron chi connectivity index (χ0n) is 19.5.